The molecule has 1 aliphatic heterocycles. The van der Waals surface area contributed by atoms with Crippen LogP contribution in [0.5, 0.6) is 5.75 Å². The molecule has 2 fully saturated rings. The number of benzene rings is 1. The zero-order valence-electron chi connectivity index (χ0n) is 13.6. The number of amides is 2. The lowest BCUT2D eigenvalue weighted by molar-refractivity contribution is -0.123. The molecule has 2 amide bonds. The molecule has 1 saturated carbocycles. The number of rotatable bonds is 3. The van der Waals surface area contributed by atoms with E-state index >= 15 is 0 Å². The van der Waals surface area contributed by atoms with Gasteiger partial charge in [0.2, 0.25) is 11.8 Å². The number of imide groups is 1. The Morgan fingerprint density at radius 3 is 2.48 bits per heavy atom. The van der Waals surface area contributed by atoms with E-state index < -0.39 is 0 Å². The highest BCUT2D eigenvalue weighted by Crippen LogP contribution is 2.53. The third kappa shape index (κ3) is 1.88. The topological polar surface area (TPSA) is 72.6 Å². The molecule has 1 aromatic heterocycles. The first-order valence-corrected chi connectivity index (χ1v) is 8.32. The minimum atomic E-state index is -0.206. The van der Waals surface area contributed by atoms with Crippen LogP contribution in [-0.4, -0.2) is 23.9 Å². The molecule has 126 valence electrons. The molecule has 2 heterocycles. The molecule has 2 aliphatic carbocycles. The maximum absolute atomic E-state index is 12.9. The van der Waals surface area contributed by atoms with Gasteiger partial charge in [0.05, 0.1) is 36.4 Å². The smallest absolute Gasteiger partial charge is 0.238 e. The number of fused-ring (bicyclic) bond motifs is 5. The fourth-order valence-electron chi connectivity index (χ4n) is 4.53. The van der Waals surface area contributed by atoms with E-state index in [1.807, 2.05) is 0 Å². The first-order valence-electron chi connectivity index (χ1n) is 8.32. The SMILES string of the molecule is COc1cc(N2C(=O)[C@@H]3[C@H](C2=O)[C@@H]2C=C[C@H]3C2)ccc1-c1cnco1. The van der Waals surface area contributed by atoms with Crippen molar-refractivity contribution in [1.82, 2.24) is 4.98 Å². The van der Waals surface area contributed by atoms with Gasteiger partial charge in [-0.2, -0.15) is 0 Å². The minimum Gasteiger partial charge on any atom is -0.496 e. The van der Waals surface area contributed by atoms with Crippen molar-refractivity contribution >= 4 is 17.5 Å². The summed E-state index contributed by atoms with van der Waals surface area (Å²) in [5.41, 5.74) is 1.27. The molecule has 1 aromatic carbocycles. The first-order chi connectivity index (χ1) is 12.2. The van der Waals surface area contributed by atoms with Crippen LogP contribution in [0.15, 0.2) is 47.4 Å². The summed E-state index contributed by atoms with van der Waals surface area (Å²) in [5, 5.41) is 0. The van der Waals surface area contributed by atoms with E-state index in [9.17, 15) is 9.59 Å². The molecular formula is C19H16N2O4. The summed E-state index contributed by atoms with van der Waals surface area (Å²) in [7, 11) is 1.55. The lowest BCUT2D eigenvalue weighted by Gasteiger charge is -2.18. The van der Waals surface area contributed by atoms with Crippen molar-refractivity contribution in [2.75, 3.05) is 12.0 Å². The van der Waals surface area contributed by atoms with Gasteiger partial charge in [-0.1, -0.05) is 12.2 Å². The van der Waals surface area contributed by atoms with Gasteiger partial charge >= 0.3 is 0 Å². The number of ether oxygens (including phenoxy) is 1. The Morgan fingerprint density at radius 1 is 1.16 bits per heavy atom. The Morgan fingerprint density at radius 2 is 1.88 bits per heavy atom. The molecule has 4 atom stereocenters. The molecule has 5 rings (SSSR count). The Kier molecular flexibility index (Phi) is 2.92. The Balaban J connectivity index is 1.54. The van der Waals surface area contributed by atoms with Crippen molar-refractivity contribution in [3.8, 4) is 17.1 Å². The van der Waals surface area contributed by atoms with Gasteiger partial charge in [-0.25, -0.2) is 9.88 Å². The number of oxazole rings is 1. The van der Waals surface area contributed by atoms with Gasteiger partial charge in [0.25, 0.3) is 0 Å². The van der Waals surface area contributed by atoms with Crippen LogP contribution in [0.25, 0.3) is 11.3 Å². The number of nitrogens with zero attached hydrogens (tertiary/aromatic N) is 2. The van der Waals surface area contributed by atoms with E-state index in [1.165, 1.54) is 11.3 Å². The molecule has 2 aromatic rings. The number of anilines is 1. The quantitative estimate of drug-likeness (QED) is 0.636. The van der Waals surface area contributed by atoms with Gasteiger partial charge in [-0.3, -0.25) is 9.59 Å². The average molecular weight is 336 g/mol. The van der Waals surface area contributed by atoms with Gasteiger partial charge < -0.3 is 9.15 Å². The average Bonchev–Trinajstić information content (AvgIpc) is 3.39. The van der Waals surface area contributed by atoms with Crippen LogP contribution in [0.1, 0.15) is 6.42 Å². The molecule has 0 spiro atoms. The van der Waals surface area contributed by atoms with Gasteiger partial charge in [0, 0.05) is 6.07 Å². The zero-order chi connectivity index (χ0) is 17.1. The van der Waals surface area contributed by atoms with Crippen molar-refractivity contribution in [3.63, 3.8) is 0 Å². The number of aromatic nitrogens is 1. The molecule has 0 unspecified atom stereocenters. The van der Waals surface area contributed by atoms with Crippen molar-refractivity contribution in [3.05, 3.63) is 42.9 Å². The van der Waals surface area contributed by atoms with Crippen LogP contribution in [0.4, 0.5) is 5.69 Å². The van der Waals surface area contributed by atoms with Gasteiger partial charge in [0.15, 0.2) is 12.2 Å². The summed E-state index contributed by atoms with van der Waals surface area (Å²) in [6.45, 7) is 0. The van der Waals surface area contributed by atoms with Crippen molar-refractivity contribution in [2.24, 2.45) is 23.7 Å². The molecule has 0 radical (unpaired) electrons. The van der Waals surface area contributed by atoms with Crippen molar-refractivity contribution in [2.45, 2.75) is 6.42 Å². The number of methoxy groups -OCH3 is 1. The number of carbonyl (C=O) groups excluding carboxylic acids is 2. The van der Waals surface area contributed by atoms with Crippen LogP contribution in [0, 0.1) is 23.7 Å². The summed E-state index contributed by atoms with van der Waals surface area (Å²) < 4.78 is 10.8. The van der Waals surface area contributed by atoms with Crippen molar-refractivity contribution in [1.29, 1.82) is 0 Å². The Bertz CT molecular complexity index is 872. The maximum Gasteiger partial charge on any atom is 0.238 e. The van der Waals surface area contributed by atoms with E-state index in [-0.39, 0.29) is 35.5 Å². The highest BCUT2D eigenvalue weighted by atomic mass is 16.5. The van der Waals surface area contributed by atoms with Crippen LogP contribution in [0.2, 0.25) is 0 Å². The normalized spacial score (nSPS) is 29.6. The molecule has 25 heavy (non-hydrogen) atoms. The lowest BCUT2D eigenvalue weighted by Crippen LogP contribution is -2.32. The predicted octanol–water partition coefficient (Wildman–Crippen LogP) is 2.66. The molecule has 2 bridgehead atoms. The van der Waals surface area contributed by atoms with E-state index in [0.29, 0.717) is 17.2 Å². The predicted molar refractivity (Wildman–Crippen MR) is 88.7 cm³/mol. The fourth-order valence-corrected chi connectivity index (χ4v) is 4.53. The van der Waals surface area contributed by atoms with E-state index in [2.05, 4.69) is 17.1 Å². The standard InChI is InChI=1S/C19H16N2O4/c1-24-14-7-12(4-5-13(14)15-8-20-9-25-15)21-18(22)16-10-2-3-11(6-10)17(16)19(21)23/h2-5,7-11,16-17H,6H2,1H3/t10-,11+,16-,17+. The maximum atomic E-state index is 12.9. The number of hydrogen-bond donors (Lipinski definition) is 0. The number of allylic oxidation sites excluding steroid dienone is 2. The number of hydrogen-bond acceptors (Lipinski definition) is 5. The largest absolute Gasteiger partial charge is 0.496 e. The third-order valence-electron chi connectivity index (χ3n) is 5.61. The summed E-state index contributed by atoms with van der Waals surface area (Å²) in [5.74, 6) is 0.903. The molecule has 0 N–H and O–H groups in total. The van der Waals surface area contributed by atoms with Crippen LogP contribution >= 0.6 is 0 Å². The third-order valence-corrected chi connectivity index (χ3v) is 5.61. The summed E-state index contributed by atoms with van der Waals surface area (Å²) in [4.78, 5) is 31.0. The van der Waals surface area contributed by atoms with Gasteiger partial charge in [-0.05, 0) is 30.4 Å². The second kappa shape index (κ2) is 5.05. The molecule has 1 saturated heterocycles. The molecule has 6 heteroatoms. The first kappa shape index (κ1) is 14.5. The van der Waals surface area contributed by atoms with E-state index in [1.54, 1.807) is 31.5 Å². The summed E-state index contributed by atoms with van der Waals surface area (Å²) in [6, 6.07) is 5.26. The van der Waals surface area contributed by atoms with Crippen LogP contribution in [0.3, 0.4) is 0 Å². The monoisotopic (exact) mass is 336 g/mol. The second-order valence-corrected chi connectivity index (χ2v) is 6.76. The van der Waals surface area contributed by atoms with Crippen molar-refractivity contribution < 1.29 is 18.7 Å². The zero-order valence-corrected chi connectivity index (χ0v) is 13.6. The highest BCUT2D eigenvalue weighted by molar-refractivity contribution is 6.23. The summed E-state index contributed by atoms with van der Waals surface area (Å²) >= 11 is 0. The molecule has 6 nitrogen and oxygen atoms in total. The fraction of sp³-hybridized carbons (Fsp3) is 0.316. The lowest BCUT2D eigenvalue weighted by atomic mass is 9.85. The molecular weight excluding hydrogens is 320 g/mol. The van der Waals surface area contributed by atoms with E-state index in [4.69, 9.17) is 9.15 Å². The Labute approximate surface area is 144 Å². The van der Waals surface area contributed by atoms with Gasteiger partial charge in [0.1, 0.15) is 5.75 Å². The summed E-state index contributed by atoms with van der Waals surface area (Å²) in [6.07, 6.45) is 8.05. The second-order valence-electron chi connectivity index (χ2n) is 6.76. The van der Waals surface area contributed by atoms with Gasteiger partial charge in [-0.15, -0.1) is 0 Å². The van der Waals surface area contributed by atoms with Crippen LogP contribution < -0.4 is 9.64 Å². The minimum absolute atomic E-state index is 0.0960. The molecule has 3 aliphatic rings. The number of carbonyl (C=O) groups is 2. The van der Waals surface area contributed by atoms with Crippen LogP contribution in [-0.2, 0) is 9.59 Å². The highest BCUT2D eigenvalue weighted by Gasteiger charge is 2.59. The Hall–Kier alpha value is -2.89. The van der Waals surface area contributed by atoms with E-state index in [0.717, 1.165) is 12.0 Å².